The van der Waals surface area contributed by atoms with Crippen LogP contribution >= 0.6 is 0 Å². The molecule has 1 saturated carbocycles. The van der Waals surface area contributed by atoms with Gasteiger partial charge in [0, 0.05) is 38.6 Å². The van der Waals surface area contributed by atoms with Crippen LogP contribution in [0.25, 0.3) is 0 Å². The second-order valence-corrected chi connectivity index (χ2v) is 9.34. The fourth-order valence-corrected chi connectivity index (χ4v) is 5.24. The molecular weight excluding hydrogens is 420 g/mol. The van der Waals surface area contributed by atoms with Gasteiger partial charge < -0.3 is 15.0 Å². The van der Waals surface area contributed by atoms with Gasteiger partial charge in [0.2, 0.25) is 11.8 Å². The highest BCUT2D eigenvalue weighted by Gasteiger charge is 2.40. The van der Waals surface area contributed by atoms with Crippen molar-refractivity contribution in [2.75, 3.05) is 51.3 Å². The van der Waals surface area contributed by atoms with Crippen LogP contribution in [-0.4, -0.2) is 79.9 Å². The van der Waals surface area contributed by atoms with Gasteiger partial charge in [0.15, 0.2) is 0 Å². The lowest BCUT2D eigenvalue weighted by Gasteiger charge is -2.36. The van der Waals surface area contributed by atoms with Gasteiger partial charge in [-0.15, -0.1) is 0 Å². The van der Waals surface area contributed by atoms with Crippen molar-refractivity contribution in [2.24, 2.45) is 5.92 Å². The minimum absolute atomic E-state index is 0.00905. The minimum atomic E-state index is -0.684. The molecule has 0 spiro atoms. The second kappa shape index (κ2) is 11.0. The van der Waals surface area contributed by atoms with Crippen molar-refractivity contribution in [1.29, 1.82) is 0 Å². The van der Waals surface area contributed by atoms with E-state index in [0.29, 0.717) is 6.54 Å². The number of para-hydroxylation sites is 2. The van der Waals surface area contributed by atoms with Gasteiger partial charge in [-0.25, -0.2) is 0 Å². The normalized spacial score (nSPS) is 22.6. The zero-order valence-corrected chi connectivity index (χ0v) is 19.6. The molecule has 1 aliphatic carbocycles. The molecule has 8 nitrogen and oxygen atoms in total. The van der Waals surface area contributed by atoms with Gasteiger partial charge in [0.25, 0.3) is 5.91 Å². The summed E-state index contributed by atoms with van der Waals surface area (Å²) in [7, 11) is 1.70. The maximum Gasteiger partial charge on any atom is 0.252 e. The highest BCUT2D eigenvalue weighted by molar-refractivity contribution is 6.06. The number of hydrogen-bond donors (Lipinski definition) is 1. The van der Waals surface area contributed by atoms with E-state index >= 15 is 0 Å². The van der Waals surface area contributed by atoms with E-state index < -0.39 is 6.04 Å². The lowest BCUT2D eigenvalue weighted by Crippen LogP contribution is -2.47. The number of imide groups is 1. The van der Waals surface area contributed by atoms with Crippen LogP contribution in [0.1, 0.15) is 44.9 Å². The van der Waals surface area contributed by atoms with E-state index in [1.54, 1.807) is 7.11 Å². The molecule has 1 N–H and O–H groups in total. The lowest BCUT2D eigenvalue weighted by molar-refractivity contribution is -0.140. The van der Waals surface area contributed by atoms with Crippen molar-refractivity contribution in [3.8, 4) is 5.75 Å². The summed E-state index contributed by atoms with van der Waals surface area (Å²) in [5, 5.41) is 2.85. The number of rotatable bonds is 8. The Morgan fingerprint density at radius 2 is 1.76 bits per heavy atom. The molecule has 1 aromatic rings. The summed E-state index contributed by atoms with van der Waals surface area (Å²) >= 11 is 0. The van der Waals surface area contributed by atoms with Crippen LogP contribution in [0.2, 0.25) is 0 Å². The molecule has 1 unspecified atom stereocenters. The molecule has 2 aliphatic heterocycles. The number of carbonyl (C=O) groups is 3. The average molecular weight is 457 g/mol. The smallest absolute Gasteiger partial charge is 0.252 e. The number of likely N-dealkylation sites (tertiary alicyclic amines) is 1. The monoisotopic (exact) mass is 456 g/mol. The van der Waals surface area contributed by atoms with Gasteiger partial charge in [0.1, 0.15) is 11.8 Å². The maximum absolute atomic E-state index is 12.7. The number of nitrogens with zero attached hydrogens (tertiary/aromatic N) is 3. The first-order chi connectivity index (χ1) is 16.1. The fraction of sp³-hybridized carbons (Fsp3) is 0.640. The van der Waals surface area contributed by atoms with Gasteiger partial charge in [-0.3, -0.25) is 24.2 Å². The number of benzene rings is 1. The highest BCUT2D eigenvalue weighted by Crippen LogP contribution is 2.28. The van der Waals surface area contributed by atoms with Crippen molar-refractivity contribution in [2.45, 2.75) is 51.0 Å². The molecule has 0 bridgehead atoms. The Bertz CT molecular complexity index is 847. The number of ether oxygens (including phenoxy) is 1. The molecule has 0 aromatic heterocycles. The summed E-state index contributed by atoms with van der Waals surface area (Å²) in [6.07, 6.45) is 5.91. The maximum atomic E-state index is 12.7. The largest absolute Gasteiger partial charge is 0.495 e. The van der Waals surface area contributed by atoms with Crippen molar-refractivity contribution < 1.29 is 19.1 Å². The van der Waals surface area contributed by atoms with Crippen molar-refractivity contribution in [1.82, 2.24) is 15.1 Å². The first-order valence-electron chi connectivity index (χ1n) is 12.3. The van der Waals surface area contributed by atoms with E-state index in [0.717, 1.165) is 76.3 Å². The van der Waals surface area contributed by atoms with Crippen LogP contribution in [0.15, 0.2) is 24.3 Å². The third-order valence-electron chi connectivity index (χ3n) is 7.19. The molecular formula is C25H36N4O4. The van der Waals surface area contributed by atoms with Crippen LogP contribution < -0.4 is 15.0 Å². The summed E-state index contributed by atoms with van der Waals surface area (Å²) in [6, 6.07) is 7.39. The third-order valence-corrected chi connectivity index (χ3v) is 7.19. The highest BCUT2D eigenvalue weighted by atomic mass is 16.5. The predicted molar refractivity (Wildman–Crippen MR) is 126 cm³/mol. The number of methoxy groups -OCH3 is 1. The van der Waals surface area contributed by atoms with Gasteiger partial charge in [-0.2, -0.15) is 0 Å². The average Bonchev–Trinajstić information content (AvgIpc) is 3.12. The van der Waals surface area contributed by atoms with Crippen LogP contribution in [-0.2, 0) is 14.4 Å². The zero-order valence-electron chi connectivity index (χ0n) is 19.6. The van der Waals surface area contributed by atoms with Crippen molar-refractivity contribution >= 4 is 23.4 Å². The number of anilines is 1. The third kappa shape index (κ3) is 5.66. The van der Waals surface area contributed by atoms with Crippen molar-refractivity contribution in [3.05, 3.63) is 24.3 Å². The molecule has 3 amide bonds. The zero-order chi connectivity index (χ0) is 23.2. The van der Waals surface area contributed by atoms with Crippen LogP contribution in [0.3, 0.4) is 0 Å². The molecule has 1 aromatic carbocycles. The van der Waals surface area contributed by atoms with E-state index in [1.165, 1.54) is 11.3 Å². The van der Waals surface area contributed by atoms with Crippen LogP contribution in [0, 0.1) is 5.92 Å². The van der Waals surface area contributed by atoms with E-state index in [-0.39, 0.29) is 30.1 Å². The predicted octanol–water partition coefficient (Wildman–Crippen LogP) is 2.03. The Morgan fingerprint density at radius 3 is 2.48 bits per heavy atom. The topological polar surface area (TPSA) is 82.2 Å². The van der Waals surface area contributed by atoms with Gasteiger partial charge in [-0.05, 0) is 37.9 Å². The number of piperazine rings is 1. The summed E-state index contributed by atoms with van der Waals surface area (Å²) in [6.45, 7) is 4.95. The van der Waals surface area contributed by atoms with Gasteiger partial charge in [-0.1, -0.05) is 31.4 Å². The SMILES string of the molecule is COc1ccccc1N1CCN(CCCN2C(=O)CC(NC(=O)C3CCCCC3)C2=O)CC1. The molecule has 180 valence electrons. The Morgan fingerprint density at radius 1 is 1.03 bits per heavy atom. The number of nitrogens with one attached hydrogen (secondary N) is 1. The van der Waals surface area contributed by atoms with Gasteiger partial charge >= 0.3 is 0 Å². The van der Waals surface area contributed by atoms with Crippen LogP contribution in [0.5, 0.6) is 5.75 Å². The standard InChI is InChI=1S/C25H36N4O4/c1-33-22-11-6-5-10-21(22)28-16-14-27(15-17-28)12-7-13-29-23(30)18-20(25(29)32)26-24(31)19-8-3-2-4-9-19/h5-6,10-11,19-20H,2-4,7-9,12-18H2,1H3,(H,26,31). The van der Waals surface area contributed by atoms with Crippen molar-refractivity contribution in [3.63, 3.8) is 0 Å². The number of hydrogen-bond acceptors (Lipinski definition) is 6. The van der Waals surface area contributed by atoms with E-state index in [2.05, 4.69) is 21.2 Å². The summed E-state index contributed by atoms with van der Waals surface area (Å²) < 4.78 is 5.48. The molecule has 3 aliphatic rings. The summed E-state index contributed by atoms with van der Waals surface area (Å²) in [5.41, 5.74) is 1.12. The first-order valence-corrected chi connectivity index (χ1v) is 12.3. The van der Waals surface area contributed by atoms with E-state index in [1.807, 2.05) is 18.2 Å². The molecule has 0 radical (unpaired) electrons. The lowest BCUT2D eigenvalue weighted by atomic mass is 9.88. The molecule has 33 heavy (non-hydrogen) atoms. The molecule has 8 heteroatoms. The summed E-state index contributed by atoms with van der Waals surface area (Å²) in [5.74, 6) is 0.406. The van der Waals surface area contributed by atoms with E-state index in [9.17, 15) is 14.4 Å². The molecule has 2 heterocycles. The Kier molecular flexibility index (Phi) is 7.85. The summed E-state index contributed by atoms with van der Waals surface area (Å²) in [4.78, 5) is 43.7. The molecule has 4 rings (SSSR count). The molecule has 1 atom stereocenters. The first kappa shape index (κ1) is 23.5. The quantitative estimate of drug-likeness (QED) is 0.603. The molecule has 2 saturated heterocycles. The Labute approximate surface area is 196 Å². The number of carbonyl (C=O) groups excluding carboxylic acids is 3. The second-order valence-electron chi connectivity index (χ2n) is 9.34. The fourth-order valence-electron chi connectivity index (χ4n) is 5.24. The van der Waals surface area contributed by atoms with Crippen LogP contribution in [0.4, 0.5) is 5.69 Å². The number of amides is 3. The Balaban J connectivity index is 1.19. The molecule has 3 fully saturated rings. The minimum Gasteiger partial charge on any atom is -0.495 e. The van der Waals surface area contributed by atoms with Gasteiger partial charge in [0.05, 0.1) is 19.2 Å². The Hall–Kier alpha value is -2.61. The van der Waals surface area contributed by atoms with E-state index in [4.69, 9.17) is 4.74 Å².